The lowest BCUT2D eigenvalue weighted by molar-refractivity contribution is 0.0691. The van der Waals surface area contributed by atoms with Crippen LogP contribution in [0.25, 0.3) is 17.1 Å². The van der Waals surface area contributed by atoms with E-state index in [1.807, 2.05) is 0 Å². The summed E-state index contributed by atoms with van der Waals surface area (Å²) in [6.45, 7) is 0. The quantitative estimate of drug-likeness (QED) is 0.794. The summed E-state index contributed by atoms with van der Waals surface area (Å²) in [5, 5.41) is 16.8. The van der Waals surface area contributed by atoms with Crippen LogP contribution in [0.4, 0.5) is 4.39 Å². The Labute approximate surface area is 130 Å². The Morgan fingerprint density at radius 1 is 1.30 bits per heavy atom. The number of carboxylic acid groups (broad SMARTS) is 1. The van der Waals surface area contributed by atoms with Crippen LogP contribution in [0.2, 0.25) is 0 Å². The maximum atomic E-state index is 13.9. The van der Waals surface area contributed by atoms with Crippen LogP contribution in [0.1, 0.15) is 10.5 Å². The third-order valence-corrected chi connectivity index (χ3v) is 3.16. The van der Waals surface area contributed by atoms with Crippen molar-refractivity contribution in [1.82, 2.24) is 20.0 Å². The molecule has 0 saturated carbocycles. The predicted octanol–water partition coefficient (Wildman–Crippen LogP) is 2.18. The molecule has 0 bridgehead atoms. The van der Waals surface area contributed by atoms with Crippen molar-refractivity contribution in [3.63, 3.8) is 0 Å². The van der Waals surface area contributed by atoms with Gasteiger partial charge in [-0.15, -0.1) is 5.10 Å². The van der Waals surface area contributed by atoms with E-state index in [4.69, 9.17) is 4.74 Å². The average Bonchev–Trinajstić information content (AvgIpc) is 3.00. The van der Waals surface area contributed by atoms with Crippen molar-refractivity contribution in [3.05, 3.63) is 54.1 Å². The van der Waals surface area contributed by atoms with Gasteiger partial charge in [-0.3, -0.25) is 4.98 Å². The number of pyridine rings is 1. The zero-order valence-electron chi connectivity index (χ0n) is 12.0. The summed E-state index contributed by atoms with van der Waals surface area (Å²) >= 11 is 0. The van der Waals surface area contributed by atoms with Crippen molar-refractivity contribution in [2.75, 3.05) is 7.11 Å². The van der Waals surface area contributed by atoms with E-state index in [0.717, 1.165) is 0 Å². The highest BCUT2D eigenvalue weighted by molar-refractivity contribution is 5.92. The maximum Gasteiger partial charge on any atom is 0.358 e. The van der Waals surface area contributed by atoms with E-state index in [2.05, 4.69) is 15.3 Å². The normalized spacial score (nSPS) is 10.5. The highest BCUT2D eigenvalue weighted by Crippen LogP contribution is 2.26. The van der Waals surface area contributed by atoms with Crippen molar-refractivity contribution in [2.45, 2.75) is 0 Å². The molecule has 2 aromatic heterocycles. The fourth-order valence-corrected chi connectivity index (χ4v) is 2.13. The molecule has 2 heterocycles. The number of nitrogens with zero attached hydrogens (tertiary/aromatic N) is 4. The number of hydrogen-bond acceptors (Lipinski definition) is 5. The molecule has 7 nitrogen and oxygen atoms in total. The molecule has 0 saturated heterocycles. The summed E-state index contributed by atoms with van der Waals surface area (Å²) < 4.78 is 20.0. The summed E-state index contributed by atoms with van der Waals surface area (Å²) in [7, 11) is 1.36. The van der Waals surface area contributed by atoms with E-state index in [0.29, 0.717) is 11.4 Å². The number of hydrogen-bond donors (Lipinski definition) is 1. The predicted molar refractivity (Wildman–Crippen MR) is 78.1 cm³/mol. The van der Waals surface area contributed by atoms with Crippen LogP contribution in [-0.4, -0.2) is 38.2 Å². The molecule has 0 amide bonds. The van der Waals surface area contributed by atoms with Gasteiger partial charge in [0.05, 0.1) is 18.5 Å². The summed E-state index contributed by atoms with van der Waals surface area (Å²) in [6.07, 6.45) is 1.52. The number of aromatic nitrogens is 4. The second-order valence-electron chi connectivity index (χ2n) is 4.54. The fourth-order valence-electron chi connectivity index (χ4n) is 2.13. The number of benzene rings is 1. The molecule has 116 valence electrons. The molecule has 0 aliphatic carbocycles. The lowest BCUT2D eigenvalue weighted by atomic mass is 10.2. The number of ether oxygens (including phenoxy) is 1. The molecule has 0 aliphatic rings. The highest BCUT2D eigenvalue weighted by Gasteiger charge is 2.22. The van der Waals surface area contributed by atoms with Crippen molar-refractivity contribution < 1.29 is 19.0 Å². The Kier molecular flexibility index (Phi) is 3.71. The first kappa shape index (κ1) is 14.6. The van der Waals surface area contributed by atoms with Crippen molar-refractivity contribution in [3.8, 4) is 22.8 Å². The van der Waals surface area contributed by atoms with Crippen LogP contribution in [0, 0.1) is 5.82 Å². The zero-order chi connectivity index (χ0) is 16.4. The molecule has 0 atom stereocenters. The standard InChI is InChI=1S/C15H11FN4O3/c1-23-12-6-5-9(8-10(12)16)20-14(11-4-2-3-7-17-11)13(15(21)22)18-19-20/h2-8H,1H3,(H,21,22). The molecule has 1 aromatic carbocycles. The van der Waals surface area contributed by atoms with Crippen molar-refractivity contribution in [2.24, 2.45) is 0 Å². The third-order valence-electron chi connectivity index (χ3n) is 3.16. The van der Waals surface area contributed by atoms with Gasteiger partial charge in [-0.25, -0.2) is 13.9 Å². The monoisotopic (exact) mass is 314 g/mol. The van der Waals surface area contributed by atoms with Gasteiger partial charge in [-0.2, -0.15) is 0 Å². The van der Waals surface area contributed by atoms with Gasteiger partial charge in [0.15, 0.2) is 17.3 Å². The van der Waals surface area contributed by atoms with Gasteiger partial charge >= 0.3 is 5.97 Å². The van der Waals surface area contributed by atoms with Gasteiger partial charge in [0.2, 0.25) is 0 Å². The molecule has 0 unspecified atom stereocenters. The number of aromatic carboxylic acids is 1. The first-order valence-corrected chi connectivity index (χ1v) is 6.56. The van der Waals surface area contributed by atoms with Crippen LogP contribution in [0.3, 0.4) is 0 Å². The first-order valence-electron chi connectivity index (χ1n) is 6.56. The molecule has 0 fully saturated rings. The van der Waals surface area contributed by atoms with Crippen LogP contribution < -0.4 is 4.74 Å². The number of carboxylic acids is 1. The molecule has 23 heavy (non-hydrogen) atoms. The van der Waals surface area contributed by atoms with Crippen molar-refractivity contribution in [1.29, 1.82) is 0 Å². The number of rotatable bonds is 4. The minimum Gasteiger partial charge on any atom is -0.494 e. The summed E-state index contributed by atoms with van der Waals surface area (Å²) in [6, 6.07) is 9.20. The van der Waals surface area contributed by atoms with E-state index in [1.54, 1.807) is 24.3 Å². The Bertz CT molecular complexity index is 864. The number of methoxy groups -OCH3 is 1. The van der Waals surface area contributed by atoms with Crippen LogP contribution >= 0.6 is 0 Å². The minimum atomic E-state index is -1.24. The number of carbonyl (C=O) groups is 1. The molecule has 8 heteroatoms. The van der Waals surface area contributed by atoms with Crippen LogP contribution in [0.5, 0.6) is 5.75 Å². The van der Waals surface area contributed by atoms with Gasteiger partial charge in [-0.1, -0.05) is 11.3 Å². The van der Waals surface area contributed by atoms with E-state index in [9.17, 15) is 14.3 Å². The van der Waals surface area contributed by atoms with Crippen molar-refractivity contribution >= 4 is 5.97 Å². The largest absolute Gasteiger partial charge is 0.494 e. The zero-order valence-corrected chi connectivity index (χ0v) is 12.0. The third kappa shape index (κ3) is 2.61. The van der Waals surface area contributed by atoms with Crippen LogP contribution in [-0.2, 0) is 0 Å². The number of halogens is 1. The Hall–Kier alpha value is -3.29. The second-order valence-corrected chi connectivity index (χ2v) is 4.54. The molecule has 1 N–H and O–H groups in total. The summed E-state index contributed by atoms with van der Waals surface area (Å²) in [4.78, 5) is 15.5. The smallest absolute Gasteiger partial charge is 0.358 e. The Morgan fingerprint density at radius 3 is 2.74 bits per heavy atom. The second kappa shape index (κ2) is 5.84. The fraction of sp³-hybridized carbons (Fsp3) is 0.0667. The first-order chi connectivity index (χ1) is 11.1. The molecule has 3 aromatic rings. The highest BCUT2D eigenvalue weighted by atomic mass is 19.1. The molecule has 3 rings (SSSR count). The molecule has 0 radical (unpaired) electrons. The van der Waals surface area contributed by atoms with Gasteiger partial charge in [-0.05, 0) is 24.3 Å². The Balaban J connectivity index is 2.21. The average molecular weight is 314 g/mol. The lowest BCUT2D eigenvalue weighted by Gasteiger charge is -2.08. The minimum absolute atomic E-state index is 0.0757. The Morgan fingerprint density at radius 2 is 2.13 bits per heavy atom. The van der Waals surface area contributed by atoms with Gasteiger partial charge in [0.1, 0.15) is 5.69 Å². The van der Waals surface area contributed by atoms with Gasteiger partial charge in [0, 0.05) is 12.3 Å². The molecule has 0 spiro atoms. The van der Waals surface area contributed by atoms with Gasteiger partial charge in [0.25, 0.3) is 0 Å². The van der Waals surface area contributed by atoms with E-state index in [-0.39, 0.29) is 17.1 Å². The van der Waals surface area contributed by atoms with E-state index in [1.165, 1.54) is 30.1 Å². The van der Waals surface area contributed by atoms with E-state index < -0.39 is 11.8 Å². The summed E-state index contributed by atoms with van der Waals surface area (Å²) in [5.74, 6) is -1.76. The summed E-state index contributed by atoms with van der Waals surface area (Å²) in [5.41, 5.74) is 0.581. The van der Waals surface area contributed by atoms with Crippen LogP contribution in [0.15, 0.2) is 42.6 Å². The molecular formula is C15H11FN4O3. The van der Waals surface area contributed by atoms with Gasteiger partial charge < -0.3 is 9.84 Å². The SMILES string of the molecule is COc1ccc(-n2nnc(C(=O)O)c2-c2ccccn2)cc1F. The lowest BCUT2D eigenvalue weighted by Crippen LogP contribution is -2.04. The molecular weight excluding hydrogens is 303 g/mol. The maximum absolute atomic E-state index is 13.9. The molecule has 0 aliphatic heterocycles. The van der Waals surface area contributed by atoms with E-state index >= 15 is 0 Å². The topological polar surface area (TPSA) is 90.1 Å².